The molecule has 0 amide bonds. The Bertz CT molecular complexity index is 1570. The van der Waals surface area contributed by atoms with Crippen molar-refractivity contribution >= 4 is 11.8 Å². The van der Waals surface area contributed by atoms with Crippen LogP contribution in [-0.4, -0.2) is 74.4 Å². The van der Waals surface area contributed by atoms with Crippen LogP contribution in [0.25, 0.3) is 0 Å². The maximum Gasteiger partial charge on any atom is 0.317 e. The van der Waals surface area contributed by atoms with Gasteiger partial charge in [0.1, 0.15) is 29.5 Å². The van der Waals surface area contributed by atoms with Crippen LogP contribution in [0.4, 0.5) is 0 Å². The summed E-state index contributed by atoms with van der Waals surface area (Å²) in [6, 6.07) is 9.01. The number of Topliss-reactive ketones (excluding diaryl/α,β-unsaturated/α-hetero) is 1. The van der Waals surface area contributed by atoms with E-state index in [0.717, 1.165) is 25.7 Å². The van der Waals surface area contributed by atoms with Gasteiger partial charge in [0.2, 0.25) is 0 Å². The SMILES string of the molecule is C=C(C)[C@@]12OC3(c4ccccc4)O[C@@H]1[C@@H]1[C@@H]4O[C@]4(CO)[C@@H](O)[C@]4(O)C(=O)C(C)=C[C@H]4[C@@]1(O3)[C@H](C)[C@H]2C(=O)O/C=C/C=C/CCCCC. The van der Waals surface area contributed by atoms with Gasteiger partial charge in [-0.1, -0.05) is 81.8 Å². The molecule has 3 aliphatic heterocycles. The standard InChI is InChI=1S/C37H44O10/c1-6-7-8-9-10-11-15-18-43-31(40)26-23(5)36-25-19-22(4)28(39)34(25,42)32(41)33(20-38)29(44-33)27(36)30-35(26,21(2)3)46-37(45-30,47-36)24-16-13-12-14-17-24/h10-19,23,25-27,29-30,32,38,41-42H,2,6-9,20H2,1,3-5H3/b11-10+,18-15+/t23-,25-,26+,27+,29+,30-,32-,33+,34-,35+,36+,37?/m1/s1. The van der Waals surface area contributed by atoms with Crippen LogP contribution in [0.15, 0.2) is 78.6 Å². The second-order valence-electron chi connectivity index (χ2n) is 14.1. The van der Waals surface area contributed by atoms with Crippen LogP contribution in [0.2, 0.25) is 0 Å². The van der Waals surface area contributed by atoms with E-state index in [4.69, 9.17) is 23.7 Å². The van der Waals surface area contributed by atoms with Gasteiger partial charge in [-0.25, -0.2) is 0 Å². The van der Waals surface area contributed by atoms with Crippen molar-refractivity contribution in [2.75, 3.05) is 6.61 Å². The molecule has 3 saturated heterocycles. The number of rotatable bonds is 10. The fraction of sp³-hybridized carbons (Fsp3) is 0.568. The predicted octanol–water partition coefficient (Wildman–Crippen LogP) is 3.75. The van der Waals surface area contributed by atoms with Gasteiger partial charge < -0.3 is 39.0 Å². The summed E-state index contributed by atoms with van der Waals surface area (Å²) >= 11 is 0. The number of hydrogen-bond donors (Lipinski definition) is 3. The van der Waals surface area contributed by atoms with E-state index >= 15 is 0 Å². The van der Waals surface area contributed by atoms with E-state index in [9.17, 15) is 24.9 Å². The molecular weight excluding hydrogens is 604 g/mol. The molecule has 5 fully saturated rings. The lowest BCUT2D eigenvalue weighted by Gasteiger charge is -2.61. The number of carbonyl (C=O) groups is 2. The third-order valence-electron chi connectivity index (χ3n) is 11.7. The summed E-state index contributed by atoms with van der Waals surface area (Å²) in [5.41, 5.74) is -5.98. The molecule has 7 rings (SSSR count). The first kappa shape index (κ1) is 32.6. The number of epoxide rings is 1. The number of ether oxygens (including phenoxy) is 5. The molecule has 10 nitrogen and oxygen atoms in total. The normalized spacial score (nSPS) is 45.8. The van der Waals surface area contributed by atoms with Crippen LogP contribution in [0.3, 0.4) is 0 Å². The second kappa shape index (κ2) is 11.0. The molecular formula is C37H44O10. The maximum atomic E-state index is 14.4. The third kappa shape index (κ3) is 4.03. The first-order valence-electron chi connectivity index (χ1n) is 16.7. The van der Waals surface area contributed by atoms with Gasteiger partial charge in [-0.2, -0.15) is 0 Å². The fourth-order valence-corrected chi connectivity index (χ4v) is 9.48. The van der Waals surface area contributed by atoms with Gasteiger partial charge in [-0.05, 0) is 43.9 Å². The van der Waals surface area contributed by atoms with Gasteiger partial charge in [-0.15, -0.1) is 0 Å². The Labute approximate surface area is 274 Å². The zero-order chi connectivity index (χ0) is 33.6. The van der Waals surface area contributed by atoms with Crippen LogP contribution in [0.5, 0.6) is 0 Å². The maximum absolute atomic E-state index is 14.4. The lowest BCUT2D eigenvalue weighted by atomic mass is 9.50. The number of aliphatic hydroxyl groups excluding tert-OH is 2. The van der Waals surface area contributed by atoms with Crippen molar-refractivity contribution in [1.82, 2.24) is 0 Å². The molecule has 1 aromatic rings. The largest absolute Gasteiger partial charge is 0.434 e. The highest BCUT2D eigenvalue weighted by atomic mass is 16.9. The molecule has 47 heavy (non-hydrogen) atoms. The Balaban J connectivity index is 1.40. The Morgan fingerprint density at radius 3 is 2.53 bits per heavy atom. The Kier molecular flexibility index (Phi) is 7.65. The summed E-state index contributed by atoms with van der Waals surface area (Å²) in [4.78, 5) is 28.2. The topological polar surface area (TPSA) is 144 Å². The van der Waals surface area contributed by atoms with Crippen molar-refractivity contribution < 1.29 is 48.6 Å². The molecule has 3 bridgehead atoms. The van der Waals surface area contributed by atoms with E-state index < -0.39 is 88.7 Å². The number of carbonyl (C=O) groups excluding carboxylic acids is 2. The van der Waals surface area contributed by atoms with Gasteiger partial charge in [0, 0.05) is 23.3 Å². The minimum atomic E-state index is -2.43. The van der Waals surface area contributed by atoms with Crippen molar-refractivity contribution in [3.8, 4) is 0 Å². The van der Waals surface area contributed by atoms with Gasteiger partial charge >= 0.3 is 11.9 Å². The summed E-state index contributed by atoms with van der Waals surface area (Å²) in [5, 5.41) is 34.9. The minimum Gasteiger partial charge on any atom is -0.434 e. The second-order valence-corrected chi connectivity index (χ2v) is 14.1. The molecule has 0 aromatic heterocycles. The molecule has 252 valence electrons. The van der Waals surface area contributed by atoms with Crippen molar-refractivity contribution in [3.05, 3.63) is 84.2 Å². The molecule has 12 atom stereocenters. The predicted molar refractivity (Wildman–Crippen MR) is 168 cm³/mol. The van der Waals surface area contributed by atoms with E-state index in [-0.39, 0.29) is 5.57 Å². The molecule has 3 N–H and O–H groups in total. The van der Waals surface area contributed by atoms with Crippen molar-refractivity contribution in [3.63, 3.8) is 0 Å². The number of hydrogen-bond acceptors (Lipinski definition) is 10. The number of allylic oxidation sites excluding steroid dienone is 3. The molecule has 0 spiro atoms. The van der Waals surface area contributed by atoms with E-state index in [2.05, 4.69) is 13.5 Å². The Morgan fingerprint density at radius 2 is 1.85 bits per heavy atom. The van der Waals surface area contributed by atoms with Crippen LogP contribution in [-0.2, 0) is 39.2 Å². The zero-order valence-electron chi connectivity index (χ0n) is 27.3. The summed E-state index contributed by atoms with van der Waals surface area (Å²) < 4.78 is 32.8. The Morgan fingerprint density at radius 1 is 1.11 bits per heavy atom. The number of esters is 1. The van der Waals surface area contributed by atoms with Gasteiger partial charge in [-0.3, -0.25) is 9.59 Å². The summed E-state index contributed by atoms with van der Waals surface area (Å²) in [7, 11) is 0. The zero-order valence-corrected chi connectivity index (χ0v) is 27.3. The summed E-state index contributed by atoms with van der Waals surface area (Å²) in [6.45, 7) is 10.9. The summed E-state index contributed by atoms with van der Waals surface area (Å²) in [6.07, 6.45) is 9.06. The van der Waals surface area contributed by atoms with Crippen LogP contribution in [0, 0.1) is 23.7 Å². The highest BCUT2D eigenvalue weighted by Gasteiger charge is 2.90. The van der Waals surface area contributed by atoms with Crippen molar-refractivity contribution in [2.45, 2.75) is 100 Å². The molecule has 10 heteroatoms. The third-order valence-corrected chi connectivity index (χ3v) is 11.7. The fourth-order valence-electron chi connectivity index (χ4n) is 9.48. The molecule has 0 radical (unpaired) electrons. The average Bonchev–Trinajstić information content (AvgIpc) is 3.69. The van der Waals surface area contributed by atoms with Crippen molar-refractivity contribution in [2.24, 2.45) is 23.7 Å². The molecule has 3 heterocycles. The number of benzene rings is 1. The number of ketones is 1. The smallest absolute Gasteiger partial charge is 0.317 e. The Hall–Kier alpha value is -2.96. The molecule has 6 aliphatic rings. The quantitative estimate of drug-likeness (QED) is 0.0857. The average molecular weight is 649 g/mol. The monoisotopic (exact) mass is 648 g/mol. The minimum absolute atomic E-state index is 0.228. The molecule has 1 unspecified atom stereocenters. The van der Waals surface area contributed by atoms with E-state index in [1.165, 1.54) is 6.26 Å². The lowest BCUT2D eigenvalue weighted by Crippen LogP contribution is -2.75. The molecule has 3 aliphatic carbocycles. The van der Waals surface area contributed by atoms with Crippen molar-refractivity contribution in [1.29, 1.82) is 0 Å². The van der Waals surface area contributed by atoms with Gasteiger partial charge in [0.25, 0.3) is 0 Å². The van der Waals surface area contributed by atoms with Gasteiger partial charge in [0.15, 0.2) is 11.4 Å². The van der Waals surface area contributed by atoms with Gasteiger partial charge in [0.05, 0.1) is 24.4 Å². The first-order valence-corrected chi connectivity index (χ1v) is 16.7. The van der Waals surface area contributed by atoms with Crippen LogP contribution < -0.4 is 0 Å². The molecule has 2 saturated carbocycles. The first-order chi connectivity index (χ1) is 22.4. The number of unbranched alkanes of at least 4 members (excludes halogenated alkanes) is 3. The van der Waals surface area contributed by atoms with E-state index in [1.54, 1.807) is 50.3 Å². The number of aliphatic hydroxyl groups is 3. The van der Waals surface area contributed by atoms with E-state index in [1.807, 2.05) is 25.1 Å². The highest BCUT2D eigenvalue weighted by molar-refractivity contribution is 6.05. The highest BCUT2D eigenvalue weighted by Crippen LogP contribution is 2.75. The summed E-state index contributed by atoms with van der Waals surface area (Å²) in [5.74, 6) is -7.05. The lowest BCUT2D eigenvalue weighted by molar-refractivity contribution is -0.439. The van der Waals surface area contributed by atoms with E-state index in [0.29, 0.717) is 11.1 Å². The van der Waals surface area contributed by atoms with Crippen LogP contribution in [0.1, 0.15) is 58.9 Å². The number of fused-ring (bicyclic) bond motifs is 3. The van der Waals surface area contributed by atoms with Crippen LogP contribution >= 0.6 is 0 Å². The molecule has 1 aromatic carbocycles.